The van der Waals surface area contributed by atoms with E-state index in [1.165, 1.54) is 18.4 Å². The lowest BCUT2D eigenvalue weighted by Gasteiger charge is -2.40. The number of terminal acetylenes is 1. The molecule has 0 unspecified atom stereocenters. The molecule has 16 heavy (non-hydrogen) atoms. The van der Waals surface area contributed by atoms with Gasteiger partial charge in [-0.05, 0) is 38.2 Å². The van der Waals surface area contributed by atoms with Crippen molar-refractivity contribution in [2.75, 3.05) is 0 Å². The molecule has 0 atom stereocenters. The Bertz CT molecular complexity index is 380. The van der Waals surface area contributed by atoms with Crippen molar-refractivity contribution in [3.63, 3.8) is 0 Å². The third kappa shape index (κ3) is 2.46. The van der Waals surface area contributed by atoms with Crippen LogP contribution in [0.5, 0.6) is 0 Å². The normalized spacial score (nSPS) is 24.6. The largest absolute Gasteiger partial charge is 0.299 e. The van der Waals surface area contributed by atoms with Crippen molar-refractivity contribution < 1.29 is 0 Å². The van der Waals surface area contributed by atoms with Gasteiger partial charge in [0.2, 0.25) is 0 Å². The van der Waals surface area contributed by atoms with Crippen LogP contribution < -0.4 is 5.32 Å². The first kappa shape index (κ1) is 11.2. The predicted molar refractivity (Wildman–Crippen MR) is 68.3 cm³/mol. The van der Waals surface area contributed by atoms with E-state index >= 15 is 0 Å². The summed E-state index contributed by atoms with van der Waals surface area (Å²) in [6.45, 7) is 4.12. The molecule has 84 valence electrons. The summed E-state index contributed by atoms with van der Waals surface area (Å²) in [6, 6.07) is 11.3. The van der Waals surface area contributed by atoms with Gasteiger partial charge >= 0.3 is 0 Å². The van der Waals surface area contributed by atoms with Gasteiger partial charge in [0.1, 0.15) is 0 Å². The van der Waals surface area contributed by atoms with Crippen LogP contribution in [0.4, 0.5) is 0 Å². The summed E-state index contributed by atoms with van der Waals surface area (Å²) in [7, 11) is 0. The fourth-order valence-corrected chi connectivity index (χ4v) is 2.29. The molecule has 1 aromatic rings. The predicted octanol–water partition coefficient (Wildman–Crippen LogP) is 2.93. The van der Waals surface area contributed by atoms with E-state index in [0.717, 1.165) is 0 Å². The van der Waals surface area contributed by atoms with E-state index in [9.17, 15) is 0 Å². The fraction of sp³-hybridized carbons (Fsp3) is 0.467. The van der Waals surface area contributed by atoms with E-state index in [4.69, 9.17) is 6.42 Å². The van der Waals surface area contributed by atoms with Crippen LogP contribution in [0.3, 0.4) is 0 Å². The Balaban J connectivity index is 1.85. The van der Waals surface area contributed by atoms with Crippen molar-refractivity contribution >= 4 is 0 Å². The zero-order valence-electron chi connectivity index (χ0n) is 10.0. The van der Waals surface area contributed by atoms with E-state index in [1.54, 1.807) is 0 Å². The Hall–Kier alpha value is -1.26. The van der Waals surface area contributed by atoms with Crippen molar-refractivity contribution in [1.82, 2.24) is 5.32 Å². The maximum absolute atomic E-state index is 5.47. The standard InChI is InChI=1S/C15H19N/c1-4-15(2,3)16-14-10-13(11-14)12-8-6-5-7-9-12/h1,5-9,13-14,16H,10-11H2,2-3H3. The highest BCUT2D eigenvalue weighted by molar-refractivity contribution is 5.23. The van der Waals surface area contributed by atoms with Gasteiger partial charge < -0.3 is 0 Å². The minimum atomic E-state index is -0.174. The second-order valence-corrected chi connectivity index (χ2v) is 5.19. The lowest BCUT2D eigenvalue weighted by molar-refractivity contribution is 0.253. The summed E-state index contributed by atoms with van der Waals surface area (Å²) in [5, 5.41) is 3.51. The van der Waals surface area contributed by atoms with Crippen LogP contribution in [-0.2, 0) is 0 Å². The molecule has 0 aliphatic heterocycles. The van der Waals surface area contributed by atoms with Gasteiger partial charge in [0.25, 0.3) is 0 Å². The number of hydrogen-bond donors (Lipinski definition) is 1. The van der Waals surface area contributed by atoms with Crippen molar-refractivity contribution in [3.8, 4) is 12.3 Å². The second kappa shape index (κ2) is 4.31. The lowest BCUT2D eigenvalue weighted by Crippen LogP contribution is -2.50. The highest BCUT2D eigenvalue weighted by Crippen LogP contribution is 2.37. The molecule has 1 aromatic carbocycles. The first-order chi connectivity index (χ1) is 7.61. The molecule has 0 bridgehead atoms. The molecular formula is C15H19N. The van der Waals surface area contributed by atoms with Crippen molar-refractivity contribution in [2.24, 2.45) is 0 Å². The van der Waals surface area contributed by atoms with E-state index in [0.29, 0.717) is 12.0 Å². The van der Waals surface area contributed by atoms with Crippen LogP contribution in [0.2, 0.25) is 0 Å². The molecule has 1 saturated carbocycles. The third-order valence-corrected chi connectivity index (χ3v) is 3.33. The van der Waals surface area contributed by atoms with Gasteiger partial charge in [-0.2, -0.15) is 0 Å². The molecule has 1 fully saturated rings. The SMILES string of the molecule is C#CC(C)(C)NC1CC(c2ccccc2)C1. The lowest BCUT2D eigenvalue weighted by atomic mass is 9.75. The third-order valence-electron chi connectivity index (χ3n) is 3.33. The van der Waals surface area contributed by atoms with Crippen molar-refractivity contribution in [2.45, 2.75) is 44.2 Å². The molecule has 0 saturated heterocycles. The molecular weight excluding hydrogens is 194 g/mol. The van der Waals surface area contributed by atoms with Gasteiger partial charge in [-0.1, -0.05) is 36.3 Å². The summed E-state index contributed by atoms with van der Waals surface area (Å²) in [5.41, 5.74) is 1.28. The van der Waals surface area contributed by atoms with Crippen LogP contribution in [0.25, 0.3) is 0 Å². The van der Waals surface area contributed by atoms with E-state index in [2.05, 4.69) is 55.4 Å². The Morgan fingerprint density at radius 1 is 1.25 bits per heavy atom. The molecule has 0 amide bonds. The Morgan fingerprint density at radius 2 is 1.88 bits per heavy atom. The maximum atomic E-state index is 5.47. The minimum Gasteiger partial charge on any atom is -0.299 e. The summed E-state index contributed by atoms with van der Waals surface area (Å²) < 4.78 is 0. The Kier molecular flexibility index (Phi) is 3.03. The Morgan fingerprint density at radius 3 is 2.44 bits per heavy atom. The number of benzene rings is 1. The summed E-state index contributed by atoms with van der Waals surface area (Å²) >= 11 is 0. The van der Waals surface area contributed by atoms with Gasteiger partial charge in [0, 0.05) is 6.04 Å². The van der Waals surface area contributed by atoms with Crippen LogP contribution in [0.15, 0.2) is 30.3 Å². The molecule has 1 heteroatoms. The molecule has 1 aliphatic rings. The maximum Gasteiger partial charge on any atom is 0.0743 e. The van der Waals surface area contributed by atoms with Gasteiger partial charge in [0.05, 0.1) is 5.54 Å². The van der Waals surface area contributed by atoms with Gasteiger partial charge in [-0.3, -0.25) is 5.32 Å². The fourth-order valence-electron chi connectivity index (χ4n) is 2.29. The van der Waals surface area contributed by atoms with E-state index in [-0.39, 0.29) is 5.54 Å². The number of nitrogens with one attached hydrogen (secondary N) is 1. The number of hydrogen-bond acceptors (Lipinski definition) is 1. The highest BCUT2D eigenvalue weighted by atomic mass is 15.0. The zero-order chi connectivity index (χ0) is 11.6. The summed E-state index contributed by atoms with van der Waals surface area (Å²) in [5.74, 6) is 3.50. The van der Waals surface area contributed by atoms with Gasteiger partial charge in [-0.15, -0.1) is 6.42 Å². The first-order valence-electron chi connectivity index (χ1n) is 5.91. The van der Waals surface area contributed by atoms with E-state index in [1.807, 2.05) is 0 Å². The average Bonchev–Trinajstić information content (AvgIpc) is 2.24. The van der Waals surface area contributed by atoms with Crippen LogP contribution in [-0.4, -0.2) is 11.6 Å². The minimum absolute atomic E-state index is 0.174. The summed E-state index contributed by atoms with van der Waals surface area (Å²) in [4.78, 5) is 0. The zero-order valence-corrected chi connectivity index (χ0v) is 10.0. The van der Waals surface area contributed by atoms with Crippen LogP contribution in [0, 0.1) is 12.3 Å². The highest BCUT2D eigenvalue weighted by Gasteiger charge is 2.32. The summed E-state index contributed by atoms with van der Waals surface area (Å²) in [6.07, 6.45) is 7.87. The van der Waals surface area contributed by atoms with Gasteiger partial charge in [0.15, 0.2) is 0 Å². The molecule has 1 N–H and O–H groups in total. The second-order valence-electron chi connectivity index (χ2n) is 5.19. The molecule has 1 aliphatic carbocycles. The van der Waals surface area contributed by atoms with Gasteiger partial charge in [-0.25, -0.2) is 0 Å². The molecule has 0 heterocycles. The van der Waals surface area contributed by atoms with Crippen LogP contribution >= 0.6 is 0 Å². The first-order valence-corrected chi connectivity index (χ1v) is 5.91. The molecule has 0 aromatic heterocycles. The topological polar surface area (TPSA) is 12.0 Å². The van der Waals surface area contributed by atoms with E-state index < -0.39 is 0 Å². The Labute approximate surface area is 98.3 Å². The quantitative estimate of drug-likeness (QED) is 0.761. The molecule has 0 spiro atoms. The van der Waals surface area contributed by atoms with Crippen molar-refractivity contribution in [1.29, 1.82) is 0 Å². The molecule has 0 radical (unpaired) electrons. The number of rotatable bonds is 3. The van der Waals surface area contributed by atoms with Crippen LogP contribution in [0.1, 0.15) is 38.2 Å². The molecule has 1 nitrogen and oxygen atoms in total. The smallest absolute Gasteiger partial charge is 0.0743 e. The van der Waals surface area contributed by atoms with Crippen molar-refractivity contribution in [3.05, 3.63) is 35.9 Å². The monoisotopic (exact) mass is 213 g/mol. The average molecular weight is 213 g/mol. The molecule has 2 rings (SSSR count).